The monoisotopic (exact) mass is 322 g/mol. The van der Waals surface area contributed by atoms with Gasteiger partial charge in [0.25, 0.3) is 0 Å². The Bertz CT molecular complexity index is 576. The Morgan fingerprint density at radius 3 is 2.17 bits per heavy atom. The maximum Gasteiger partial charge on any atom is 0.337 e. The maximum absolute atomic E-state index is 12.0. The number of carbonyl (C=O) groups excluding carboxylic acids is 3. The minimum Gasteiger partial charge on any atom is -0.465 e. The van der Waals surface area contributed by atoms with E-state index in [0.29, 0.717) is 13.2 Å². The number of anilines is 1. The number of rotatable bonds is 4. The summed E-state index contributed by atoms with van der Waals surface area (Å²) in [5, 5.41) is 5.33. The number of hydrogen-bond acceptors (Lipinski definition) is 6. The predicted octanol–water partition coefficient (Wildman–Crippen LogP) is 1.17. The van der Waals surface area contributed by atoms with Gasteiger partial charge >= 0.3 is 18.0 Å². The number of hydrogen-bond donors (Lipinski definition) is 2. The summed E-state index contributed by atoms with van der Waals surface area (Å²) in [5.41, 5.74) is 0.550. The molecule has 1 fully saturated rings. The summed E-state index contributed by atoms with van der Waals surface area (Å²) >= 11 is 0. The molecule has 1 unspecified atom stereocenters. The van der Waals surface area contributed by atoms with Gasteiger partial charge in [-0.25, -0.2) is 14.4 Å². The average molecular weight is 322 g/mol. The van der Waals surface area contributed by atoms with Crippen LogP contribution in [0.5, 0.6) is 0 Å². The molecule has 2 rings (SSSR count). The second-order valence-electron chi connectivity index (χ2n) is 4.94. The Balaban J connectivity index is 2.16. The second-order valence-corrected chi connectivity index (χ2v) is 4.94. The topological polar surface area (TPSA) is 103 Å². The van der Waals surface area contributed by atoms with Crippen LogP contribution in [0.3, 0.4) is 0 Å². The van der Waals surface area contributed by atoms with Gasteiger partial charge < -0.3 is 24.8 Å². The van der Waals surface area contributed by atoms with Gasteiger partial charge in [0.1, 0.15) is 0 Å². The van der Waals surface area contributed by atoms with E-state index in [-0.39, 0.29) is 22.9 Å². The zero-order valence-corrected chi connectivity index (χ0v) is 12.9. The number of carbonyl (C=O) groups is 3. The van der Waals surface area contributed by atoms with Crippen molar-refractivity contribution in [3.8, 4) is 0 Å². The molecule has 1 saturated heterocycles. The lowest BCUT2D eigenvalue weighted by Gasteiger charge is -2.13. The van der Waals surface area contributed by atoms with E-state index in [0.717, 1.165) is 6.42 Å². The molecule has 0 bridgehead atoms. The average Bonchev–Trinajstić information content (AvgIpc) is 3.05. The number of urea groups is 1. The van der Waals surface area contributed by atoms with Crippen LogP contribution in [0.1, 0.15) is 27.1 Å². The molecule has 2 N–H and O–H groups in total. The van der Waals surface area contributed by atoms with Crippen LogP contribution in [0.15, 0.2) is 18.2 Å². The van der Waals surface area contributed by atoms with E-state index < -0.39 is 18.0 Å². The van der Waals surface area contributed by atoms with Crippen molar-refractivity contribution in [3.63, 3.8) is 0 Å². The second kappa shape index (κ2) is 7.59. The lowest BCUT2D eigenvalue weighted by molar-refractivity contribution is 0.0599. The summed E-state index contributed by atoms with van der Waals surface area (Å²) in [4.78, 5) is 35.3. The summed E-state index contributed by atoms with van der Waals surface area (Å²) in [5.74, 6) is -1.24. The molecular weight excluding hydrogens is 304 g/mol. The minimum atomic E-state index is -0.622. The molecule has 1 aliphatic heterocycles. The van der Waals surface area contributed by atoms with Crippen molar-refractivity contribution in [1.29, 1.82) is 0 Å². The van der Waals surface area contributed by atoms with E-state index in [2.05, 4.69) is 20.1 Å². The summed E-state index contributed by atoms with van der Waals surface area (Å²) in [6, 6.07) is 3.68. The minimum absolute atomic E-state index is 0.0566. The van der Waals surface area contributed by atoms with Crippen molar-refractivity contribution in [1.82, 2.24) is 5.32 Å². The van der Waals surface area contributed by atoms with Gasteiger partial charge in [-0.1, -0.05) is 0 Å². The van der Waals surface area contributed by atoms with Crippen LogP contribution in [0.25, 0.3) is 0 Å². The van der Waals surface area contributed by atoms with Crippen molar-refractivity contribution in [2.24, 2.45) is 0 Å². The number of amides is 2. The highest BCUT2D eigenvalue weighted by Gasteiger charge is 2.19. The summed E-state index contributed by atoms with van der Waals surface area (Å²) in [7, 11) is 2.46. The van der Waals surface area contributed by atoms with E-state index in [1.165, 1.54) is 32.4 Å². The molecule has 0 spiro atoms. The lowest BCUT2D eigenvalue weighted by atomic mass is 10.1. The molecule has 1 aromatic rings. The molecule has 124 valence electrons. The lowest BCUT2D eigenvalue weighted by Crippen LogP contribution is -2.38. The first-order chi connectivity index (χ1) is 11.0. The van der Waals surface area contributed by atoms with Crippen molar-refractivity contribution in [2.75, 3.05) is 32.8 Å². The van der Waals surface area contributed by atoms with Crippen molar-refractivity contribution >= 4 is 23.7 Å². The summed E-state index contributed by atoms with van der Waals surface area (Å²) in [6.07, 6.45) is 0.739. The Labute approximate surface area is 133 Å². The van der Waals surface area contributed by atoms with Crippen molar-refractivity contribution in [3.05, 3.63) is 29.3 Å². The summed E-state index contributed by atoms with van der Waals surface area (Å²) in [6.45, 7) is 1.07. The van der Waals surface area contributed by atoms with Gasteiger partial charge in [0.2, 0.25) is 0 Å². The molecule has 8 heteroatoms. The molecule has 1 aromatic carbocycles. The van der Waals surface area contributed by atoms with Crippen LogP contribution >= 0.6 is 0 Å². The van der Waals surface area contributed by atoms with Gasteiger partial charge in [-0.15, -0.1) is 0 Å². The maximum atomic E-state index is 12.0. The van der Waals surface area contributed by atoms with Gasteiger partial charge in [0.15, 0.2) is 0 Å². The van der Waals surface area contributed by atoms with Gasteiger partial charge in [0, 0.05) is 12.3 Å². The number of esters is 2. The largest absolute Gasteiger partial charge is 0.465 e. The van der Waals surface area contributed by atoms with Crippen LogP contribution in [0.4, 0.5) is 10.5 Å². The van der Waals surface area contributed by atoms with Crippen LogP contribution in [-0.2, 0) is 14.2 Å². The number of benzene rings is 1. The van der Waals surface area contributed by atoms with Crippen LogP contribution < -0.4 is 10.6 Å². The first-order valence-electron chi connectivity index (χ1n) is 7.00. The zero-order chi connectivity index (χ0) is 16.8. The van der Waals surface area contributed by atoms with Crippen molar-refractivity contribution < 1.29 is 28.6 Å². The Morgan fingerprint density at radius 2 is 1.70 bits per heavy atom. The predicted molar refractivity (Wildman–Crippen MR) is 80.5 cm³/mol. The first-order valence-corrected chi connectivity index (χ1v) is 7.00. The zero-order valence-electron chi connectivity index (χ0n) is 12.9. The van der Waals surface area contributed by atoms with E-state index in [4.69, 9.17) is 4.74 Å². The van der Waals surface area contributed by atoms with Crippen LogP contribution in [-0.4, -0.2) is 51.4 Å². The van der Waals surface area contributed by atoms with Gasteiger partial charge in [-0.05, 0) is 24.6 Å². The molecule has 1 atom stereocenters. The van der Waals surface area contributed by atoms with Gasteiger partial charge in [0.05, 0.1) is 38.0 Å². The molecule has 1 aliphatic rings. The highest BCUT2D eigenvalue weighted by molar-refractivity contribution is 5.99. The van der Waals surface area contributed by atoms with E-state index >= 15 is 0 Å². The normalized spacial score (nSPS) is 16.5. The van der Waals surface area contributed by atoms with Crippen LogP contribution in [0, 0.1) is 0 Å². The standard InChI is InChI=1S/C15H18N2O6/c1-21-13(18)9-5-10(14(19)22-2)7-12(6-9)17-15(20)16-11-3-4-23-8-11/h5-7,11H,3-4,8H2,1-2H3,(H2,16,17,20). The Kier molecular flexibility index (Phi) is 5.53. The quantitative estimate of drug-likeness (QED) is 0.807. The van der Waals surface area contributed by atoms with Gasteiger partial charge in [-0.2, -0.15) is 0 Å². The molecule has 0 radical (unpaired) electrons. The first kappa shape index (κ1) is 16.8. The van der Waals surface area contributed by atoms with E-state index in [9.17, 15) is 14.4 Å². The fourth-order valence-electron chi connectivity index (χ4n) is 2.17. The molecular formula is C15H18N2O6. The van der Waals surface area contributed by atoms with Crippen LogP contribution in [0.2, 0.25) is 0 Å². The van der Waals surface area contributed by atoms with E-state index in [1.54, 1.807) is 0 Å². The SMILES string of the molecule is COC(=O)c1cc(NC(=O)NC2CCOC2)cc(C(=O)OC)c1. The van der Waals surface area contributed by atoms with Gasteiger partial charge in [-0.3, -0.25) is 0 Å². The fourth-order valence-corrected chi connectivity index (χ4v) is 2.17. The molecule has 0 aliphatic carbocycles. The highest BCUT2D eigenvalue weighted by atomic mass is 16.5. The number of nitrogens with one attached hydrogen (secondary N) is 2. The molecule has 2 amide bonds. The Morgan fingerprint density at radius 1 is 1.09 bits per heavy atom. The Hall–Kier alpha value is -2.61. The van der Waals surface area contributed by atoms with E-state index in [1.807, 2.05) is 0 Å². The highest BCUT2D eigenvalue weighted by Crippen LogP contribution is 2.17. The van der Waals surface area contributed by atoms with Crippen molar-refractivity contribution in [2.45, 2.75) is 12.5 Å². The molecule has 1 heterocycles. The third kappa shape index (κ3) is 4.43. The number of methoxy groups -OCH3 is 2. The molecule has 0 aromatic heterocycles. The third-order valence-corrected chi connectivity index (χ3v) is 3.30. The number of ether oxygens (including phenoxy) is 3. The fraction of sp³-hybridized carbons (Fsp3) is 0.400. The third-order valence-electron chi connectivity index (χ3n) is 3.30. The molecule has 0 saturated carbocycles. The summed E-state index contributed by atoms with van der Waals surface area (Å²) < 4.78 is 14.4. The smallest absolute Gasteiger partial charge is 0.337 e. The molecule has 8 nitrogen and oxygen atoms in total. The molecule has 23 heavy (non-hydrogen) atoms.